The molecule has 1 unspecified atom stereocenters. The van der Waals surface area contributed by atoms with Crippen LogP contribution < -0.4 is 0 Å². The van der Waals surface area contributed by atoms with Gasteiger partial charge in [0.15, 0.2) is 16.6 Å². The highest BCUT2D eigenvalue weighted by Crippen LogP contribution is 2.23. The van der Waals surface area contributed by atoms with Gasteiger partial charge in [0.05, 0.1) is 13.2 Å². The largest absolute Gasteiger partial charge is 0.454 e. The Morgan fingerprint density at radius 2 is 1.60 bits per heavy atom. The smallest absolute Gasteiger partial charge is 0.333 e. The van der Waals surface area contributed by atoms with Crippen molar-refractivity contribution in [2.24, 2.45) is 0 Å². The Hall–Kier alpha value is -0.516. The Morgan fingerprint density at radius 3 is 2.00 bits per heavy atom. The Bertz CT molecular complexity index is 398. The summed E-state index contributed by atoms with van der Waals surface area (Å²) in [6, 6.07) is 0. The molecule has 0 rings (SSSR count). The highest BCUT2D eigenvalue weighted by Gasteiger charge is 2.28. The van der Waals surface area contributed by atoms with Crippen molar-refractivity contribution < 1.29 is 28.2 Å². The Kier molecular flexibility index (Phi) is 11.0. The molecule has 1 radical (unpaired) electrons. The minimum absolute atomic E-state index is 0.147. The van der Waals surface area contributed by atoms with E-state index in [0.717, 1.165) is 6.42 Å². The van der Waals surface area contributed by atoms with E-state index in [2.05, 4.69) is 45.9 Å². The first-order valence-corrected chi connectivity index (χ1v) is 15.4. The van der Waals surface area contributed by atoms with Gasteiger partial charge in [-0.2, -0.15) is 0 Å². The molecule has 6 nitrogen and oxygen atoms in total. The van der Waals surface area contributed by atoms with E-state index in [0.29, 0.717) is 24.9 Å². The molecule has 0 saturated heterocycles. The number of hydrogen-bond donors (Lipinski definition) is 1. The fourth-order valence-electron chi connectivity index (χ4n) is 1.72. The van der Waals surface area contributed by atoms with Gasteiger partial charge >= 0.3 is 5.97 Å². The molecule has 0 heterocycles. The first kappa shape index (κ1) is 24.5. The van der Waals surface area contributed by atoms with Crippen molar-refractivity contribution >= 4 is 22.6 Å². The van der Waals surface area contributed by atoms with Gasteiger partial charge < -0.3 is 23.4 Å². The molecule has 0 aromatic carbocycles. The van der Waals surface area contributed by atoms with Crippen molar-refractivity contribution in [2.75, 3.05) is 19.8 Å². The third-order valence-corrected chi connectivity index (χ3v) is 4.32. The molecule has 0 aliphatic carbocycles. The Balaban J connectivity index is 4.22. The molecule has 0 fully saturated rings. The van der Waals surface area contributed by atoms with Gasteiger partial charge in [0.2, 0.25) is 6.29 Å². The van der Waals surface area contributed by atoms with Gasteiger partial charge in [-0.15, -0.1) is 0 Å². The summed E-state index contributed by atoms with van der Waals surface area (Å²) in [6.07, 6.45) is 1.43. The number of rotatable bonds is 13. The lowest BCUT2D eigenvalue weighted by Gasteiger charge is -2.30. The summed E-state index contributed by atoms with van der Waals surface area (Å²) in [4.78, 5) is 11.4. The van der Waals surface area contributed by atoms with Crippen molar-refractivity contribution in [3.05, 3.63) is 18.4 Å². The molecule has 25 heavy (non-hydrogen) atoms. The molecule has 0 aliphatic heterocycles. The maximum Gasteiger partial charge on any atom is 0.333 e. The van der Waals surface area contributed by atoms with Crippen LogP contribution in [0, 0.1) is 6.29 Å². The molecule has 0 bridgehead atoms. The number of hydrogen-bond acceptors (Lipinski definition) is 6. The van der Waals surface area contributed by atoms with Crippen LogP contribution >= 0.6 is 0 Å². The minimum atomic E-state index is -1.72. The predicted octanol–water partition coefficient (Wildman–Crippen LogP) is 3.46. The molecular formula is C17H35O6Si2. The fraction of sp³-hybridized carbons (Fsp3) is 0.765. The molecule has 0 aromatic rings. The molecule has 0 amide bonds. The van der Waals surface area contributed by atoms with Crippen molar-refractivity contribution in [2.45, 2.75) is 65.2 Å². The van der Waals surface area contributed by atoms with Crippen LogP contribution in [0.1, 0.15) is 19.8 Å². The molecule has 1 N–H and O–H groups in total. The number of aliphatic hydroxyl groups excluding tert-OH is 1. The number of carbonyl (C=O) groups is 1. The number of aliphatic hydroxyl groups is 1. The second kappa shape index (κ2) is 11.3. The van der Waals surface area contributed by atoms with E-state index < -0.39 is 28.7 Å². The number of carbonyl (C=O) groups excluding carboxylic acids is 1. The maximum absolute atomic E-state index is 11.4. The summed E-state index contributed by atoms with van der Waals surface area (Å²) in [7, 11) is -3.44. The zero-order chi connectivity index (χ0) is 19.7. The van der Waals surface area contributed by atoms with E-state index in [1.165, 1.54) is 0 Å². The van der Waals surface area contributed by atoms with Gasteiger partial charge in [0, 0.05) is 18.6 Å². The number of ether oxygens (including phenoxy) is 2. The third kappa shape index (κ3) is 14.3. The molecule has 0 saturated carbocycles. The van der Waals surface area contributed by atoms with Crippen LogP contribution in [0.2, 0.25) is 39.3 Å². The van der Waals surface area contributed by atoms with Crippen molar-refractivity contribution in [1.29, 1.82) is 0 Å². The zero-order valence-corrected chi connectivity index (χ0v) is 18.8. The topological polar surface area (TPSA) is 74.2 Å². The first-order chi connectivity index (χ1) is 11.3. The lowest BCUT2D eigenvalue weighted by Crippen LogP contribution is -2.35. The van der Waals surface area contributed by atoms with E-state index in [9.17, 15) is 9.90 Å². The van der Waals surface area contributed by atoms with Gasteiger partial charge in [-0.05, 0) is 52.6 Å². The van der Waals surface area contributed by atoms with Gasteiger partial charge in [-0.25, -0.2) is 4.79 Å². The summed E-state index contributed by atoms with van der Waals surface area (Å²) in [5.74, 6) is -0.523. The van der Waals surface area contributed by atoms with Crippen LogP contribution in [0.15, 0.2) is 12.2 Å². The second-order valence-electron chi connectivity index (χ2n) is 7.97. The normalized spacial score (nSPS) is 13.8. The molecule has 0 aromatic heterocycles. The molecule has 0 aliphatic rings. The summed E-state index contributed by atoms with van der Waals surface area (Å²) in [6.45, 7) is 18.1. The van der Waals surface area contributed by atoms with E-state index in [1.54, 1.807) is 6.92 Å². The van der Waals surface area contributed by atoms with Gasteiger partial charge in [0.25, 0.3) is 0 Å². The highest BCUT2D eigenvalue weighted by molar-refractivity contribution is 6.71. The van der Waals surface area contributed by atoms with Gasteiger partial charge in [-0.3, -0.25) is 0 Å². The molecule has 0 spiro atoms. The van der Waals surface area contributed by atoms with Crippen molar-refractivity contribution in [1.82, 2.24) is 0 Å². The third-order valence-electron chi connectivity index (χ3n) is 2.64. The van der Waals surface area contributed by atoms with E-state index in [-0.39, 0.29) is 13.2 Å². The van der Waals surface area contributed by atoms with Crippen LogP contribution in [0.5, 0.6) is 0 Å². The second-order valence-corrected chi connectivity index (χ2v) is 16.8. The molecule has 8 heteroatoms. The van der Waals surface area contributed by atoms with Crippen molar-refractivity contribution in [3.8, 4) is 0 Å². The zero-order valence-electron chi connectivity index (χ0n) is 16.8. The summed E-state index contributed by atoms with van der Waals surface area (Å²) < 4.78 is 22.6. The first-order valence-electron chi connectivity index (χ1n) is 8.63. The predicted molar refractivity (Wildman–Crippen MR) is 104 cm³/mol. The van der Waals surface area contributed by atoms with E-state index in [1.807, 2.05) is 0 Å². The van der Waals surface area contributed by atoms with Crippen LogP contribution in [0.4, 0.5) is 0 Å². The lowest BCUT2D eigenvalue weighted by molar-refractivity contribution is -0.149. The van der Waals surface area contributed by atoms with Crippen LogP contribution in [-0.4, -0.2) is 53.6 Å². The average molecular weight is 392 g/mol. The standard InChI is InChI=1S/C17H35O6Si2/c1-14(2)17(19)21-15(12-18)13-20-11-9-10-16(22-24(3,4)5)23-25(6,7)8/h15,18H,1,9-13H2,2-8H3. The Labute approximate surface area is 154 Å². The molecule has 147 valence electrons. The molecule has 1 atom stereocenters. The fourth-order valence-corrected chi connectivity index (χ4v) is 3.45. The highest BCUT2D eigenvalue weighted by atomic mass is 28.4. The maximum atomic E-state index is 11.4. The quantitative estimate of drug-likeness (QED) is 0.224. The van der Waals surface area contributed by atoms with Crippen LogP contribution in [0.25, 0.3) is 0 Å². The van der Waals surface area contributed by atoms with E-state index >= 15 is 0 Å². The van der Waals surface area contributed by atoms with E-state index in [4.69, 9.17) is 18.3 Å². The van der Waals surface area contributed by atoms with Crippen molar-refractivity contribution in [3.63, 3.8) is 0 Å². The number of esters is 1. The summed E-state index contributed by atoms with van der Waals surface area (Å²) in [5.41, 5.74) is 0.296. The Morgan fingerprint density at radius 1 is 1.08 bits per heavy atom. The van der Waals surface area contributed by atoms with Gasteiger partial charge in [0.1, 0.15) is 6.10 Å². The SMILES string of the molecule is C=C(C)C(=O)OC(CO)COCCC[C](O[Si](C)(C)C)O[Si](C)(C)C. The minimum Gasteiger partial charge on any atom is -0.454 e. The van der Waals surface area contributed by atoms with Crippen LogP contribution in [-0.2, 0) is 23.1 Å². The van der Waals surface area contributed by atoms with Gasteiger partial charge in [-0.1, -0.05) is 6.58 Å². The molecular weight excluding hydrogens is 356 g/mol. The lowest BCUT2D eigenvalue weighted by atomic mass is 10.3. The summed E-state index contributed by atoms with van der Waals surface area (Å²) >= 11 is 0. The summed E-state index contributed by atoms with van der Waals surface area (Å²) in [5, 5.41) is 9.23. The van der Waals surface area contributed by atoms with Crippen LogP contribution in [0.3, 0.4) is 0 Å². The average Bonchev–Trinajstić information content (AvgIpc) is 2.41. The monoisotopic (exact) mass is 391 g/mol.